The predicted octanol–water partition coefficient (Wildman–Crippen LogP) is 6.08. The van der Waals surface area contributed by atoms with Gasteiger partial charge in [-0.1, -0.05) is 0 Å². The molecular formula is C19H25ClO. The minimum Gasteiger partial charge on any atom is -0.466 e. The van der Waals surface area contributed by atoms with Crippen molar-refractivity contribution >= 4 is 11.6 Å². The van der Waals surface area contributed by atoms with E-state index in [-0.39, 0.29) is 5.38 Å². The van der Waals surface area contributed by atoms with E-state index in [9.17, 15) is 0 Å². The van der Waals surface area contributed by atoms with Crippen LogP contribution in [-0.4, -0.2) is 0 Å². The van der Waals surface area contributed by atoms with E-state index in [4.69, 9.17) is 16.0 Å². The van der Waals surface area contributed by atoms with Gasteiger partial charge in [-0.15, -0.1) is 11.6 Å². The zero-order valence-electron chi connectivity index (χ0n) is 14.4. The molecule has 1 aromatic carbocycles. The summed E-state index contributed by atoms with van der Waals surface area (Å²) < 4.78 is 5.77. The number of rotatable bonds is 2. The SMILES string of the molecule is Cc1oc(C)c(C(Cl)c2c(C)c(C)c(C)c(C)c2C)c1C. The third kappa shape index (κ3) is 2.42. The highest BCUT2D eigenvalue weighted by atomic mass is 35.5. The Labute approximate surface area is 133 Å². The molecule has 2 aromatic rings. The molecule has 21 heavy (non-hydrogen) atoms. The Hall–Kier alpha value is -1.21. The number of hydrogen-bond donors (Lipinski definition) is 0. The van der Waals surface area contributed by atoms with E-state index in [1.807, 2.05) is 13.8 Å². The quantitative estimate of drug-likeness (QED) is 0.613. The van der Waals surface area contributed by atoms with Gasteiger partial charge in [0.2, 0.25) is 0 Å². The summed E-state index contributed by atoms with van der Waals surface area (Å²) in [5.41, 5.74) is 10.2. The van der Waals surface area contributed by atoms with Crippen LogP contribution < -0.4 is 0 Å². The lowest BCUT2D eigenvalue weighted by Gasteiger charge is -2.22. The molecule has 0 radical (unpaired) electrons. The van der Waals surface area contributed by atoms with Crippen molar-refractivity contribution < 1.29 is 4.42 Å². The highest BCUT2D eigenvalue weighted by Crippen LogP contribution is 2.41. The molecule has 2 rings (SSSR count). The van der Waals surface area contributed by atoms with Gasteiger partial charge >= 0.3 is 0 Å². The van der Waals surface area contributed by atoms with Crippen LogP contribution in [0.15, 0.2) is 4.42 Å². The van der Waals surface area contributed by atoms with Crippen molar-refractivity contribution in [3.8, 4) is 0 Å². The Morgan fingerprint density at radius 1 is 0.571 bits per heavy atom. The van der Waals surface area contributed by atoms with Crippen LogP contribution in [0.2, 0.25) is 0 Å². The van der Waals surface area contributed by atoms with E-state index in [0.717, 1.165) is 17.1 Å². The number of halogens is 1. The van der Waals surface area contributed by atoms with Crippen molar-refractivity contribution in [1.82, 2.24) is 0 Å². The van der Waals surface area contributed by atoms with E-state index < -0.39 is 0 Å². The monoisotopic (exact) mass is 304 g/mol. The van der Waals surface area contributed by atoms with Crippen molar-refractivity contribution in [1.29, 1.82) is 0 Å². The van der Waals surface area contributed by atoms with Crippen molar-refractivity contribution in [3.05, 3.63) is 56.0 Å². The first kappa shape index (κ1) is 16.2. The smallest absolute Gasteiger partial charge is 0.106 e. The largest absolute Gasteiger partial charge is 0.466 e. The first-order valence-electron chi connectivity index (χ1n) is 7.45. The fourth-order valence-electron chi connectivity index (χ4n) is 3.24. The number of furan rings is 1. The average molecular weight is 305 g/mol. The summed E-state index contributed by atoms with van der Waals surface area (Å²) in [5.74, 6) is 1.89. The van der Waals surface area contributed by atoms with Crippen molar-refractivity contribution in [2.75, 3.05) is 0 Å². The number of benzene rings is 1. The molecular weight excluding hydrogens is 280 g/mol. The van der Waals surface area contributed by atoms with Gasteiger partial charge in [-0.05, 0) is 94.3 Å². The van der Waals surface area contributed by atoms with E-state index in [1.54, 1.807) is 0 Å². The van der Waals surface area contributed by atoms with Crippen molar-refractivity contribution in [2.24, 2.45) is 0 Å². The molecule has 114 valence electrons. The molecule has 2 heteroatoms. The van der Waals surface area contributed by atoms with E-state index in [2.05, 4.69) is 41.5 Å². The maximum absolute atomic E-state index is 6.90. The van der Waals surface area contributed by atoms with Crippen LogP contribution in [0, 0.1) is 55.4 Å². The Balaban J connectivity index is 2.72. The van der Waals surface area contributed by atoms with Gasteiger partial charge in [-0.25, -0.2) is 0 Å². The van der Waals surface area contributed by atoms with Crippen LogP contribution >= 0.6 is 11.6 Å². The molecule has 0 saturated heterocycles. The fraction of sp³-hybridized carbons (Fsp3) is 0.474. The molecule has 1 nitrogen and oxygen atoms in total. The molecule has 0 bridgehead atoms. The maximum atomic E-state index is 6.90. The summed E-state index contributed by atoms with van der Waals surface area (Å²) in [6, 6.07) is 0. The summed E-state index contributed by atoms with van der Waals surface area (Å²) in [4.78, 5) is 0. The molecule has 0 aliphatic rings. The number of alkyl halides is 1. The van der Waals surface area contributed by atoms with Crippen LogP contribution in [0.5, 0.6) is 0 Å². The van der Waals surface area contributed by atoms with Gasteiger partial charge in [0.25, 0.3) is 0 Å². The van der Waals surface area contributed by atoms with Gasteiger partial charge in [0.15, 0.2) is 0 Å². The zero-order valence-corrected chi connectivity index (χ0v) is 15.1. The molecule has 1 unspecified atom stereocenters. The molecule has 1 aromatic heterocycles. The van der Waals surface area contributed by atoms with E-state index >= 15 is 0 Å². The van der Waals surface area contributed by atoms with Crippen molar-refractivity contribution in [3.63, 3.8) is 0 Å². The maximum Gasteiger partial charge on any atom is 0.106 e. The first-order chi connectivity index (χ1) is 9.68. The molecule has 0 fully saturated rings. The standard InChI is InChI=1S/C19H25ClO/c1-9-10(2)12(4)17(13(5)11(9)3)19(20)18-14(6)15(7)21-16(18)8/h19H,1-8H3. The van der Waals surface area contributed by atoms with Gasteiger partial charge < -0.3 is 4.42 Å². The lowest BCUT2D eigenvalue weighted by molar-refractivity contribution is 0.500. The summed E-state index contributed by atoms with van der Waals surface area (Å²) in [5, 5.41) is -0.152. The minimum atomic E-state index is -0.152. The second kappa shape index (κ2) is 5.53. The second-order valence-corrected chi connectivity index (χ2v) is 6.59. The fourth-order valence-corrected chi connectivity index (χ4v) is 3.88. The van der Waals surface area contributed by atoms with Gasteiger partial charge in [0, 0.05) is 5.56 Å². The predicted molar refractivity (Wildman–Crippen MR) is 90.7 cm³/mol. The lowest BCUT2D eigenvalue weighted by atomic mass is 9.86. The Morgan fingerprint density at radius 3 is 1.38 bits per heavy atom. The molecule has 0 N–H and O–H groups in total. The lowest BCUT2D eigenvalue weighted by Crippen LogP contribution is -2.07. The first-order valence-corrected chi connectivity index (χ1v) is 7.89. The number of hydrogen-bond acceptors (Lipinski definition) is 1. The Bertz CT molecular complexity index is 678. The van der Waals surface area contributed by atoms with Crippen LogP contribution in [0.25, 0.3) is 0 Å². The van der Waals surface area contributed by atoms with Gasteiger partial charge in [0.05, 0.1) is 5.38 Å². The average Bonchev–Trinajstić information content (AvgIpc) is 2.67. The topological polar surface area (TPSA) is 13.1 Å². The minimum absolute atomic E-state index is 0.152. The third-order valence-corrected chi connectivity index (χ3v) is 5.62. The highest BCUT2D eigenvalue weighted by molar-refractivity contribution is 6.23. The summed E-state index contributed by atoms with van der Waals surface area (Å²) in [7, 11) is 0. The summed E-state index contributed by atoms with van der Waals surface area (Å²) in [6.07, 6.45) is 0. The van der Waals surface area contributed by atoms with Gasteiger partial charge in [-0.2, -0.15) is 0 Å². The molecule has 0 spiro atoms. The molecule has 0 saturated carbocycles. The van der Waals surface area contributed by atoms with Crippen LogP contribution in [0.1, 0.15) is 61.4 Å². The van der Waals surface area contributed by atoms with E-state index in [1.165, 1.54) is 38.9 Å². The highest BCUT2D eigenvalue weighted by Gasteiger charge is 2.25. The summed E-state index contributed by atoms with van der Waals surface area (Å²) >= 11 is 6.90. The molecule has 0 amide bonds. The van der Waals surface area contributed by atoms with Crippen LogP contribution in [0.3, 0.4) is 0 Å². The molecule has 1 atom stereocenters. The van der Waals surface area contributed by atoms with Crippen molar-refractivity contribution in [2.45, 2.75) is 60.8 Å². The number of aryl methyl sites for hydroxylation is 2. The Kier molecular flexibility index (Phi) is 4.26. The van der Waals surface area contributed by atoms with E-state index in [0.29, 0.717) is 0 Å². The van der Waals surface area contributed by atoms with Gasteiger partial charge in [0.1, 0.15) is 11.5 Å². The molecule has 1 heterocycles. The third-order valence-electron chi connectivity index (χ3n) is 5.18. The van der Waals surface area contributed by atoms with Crippen LogP contribution in [0.4, 0.5) is 0 Å². The normalized spacial score (nSPS) is 12.8. The zero-order chi connectivity index (χ0) is 16.1. The van der Waals surface area contributed by atoms with Gasteiger partial charge in [-0.3, -0.25) is 0 Å². The molecule has 0 aliphatic heterocycles. The van der Waals surface area contributed by atoms with Crippen LogP contribution in [-0.2, 0) is 0 Å². The summed E-state index contributed by atoms with van der Waals surface area (Å²) in [6.45, 7) is 17.0. The second-order valence-electron chi connectivity index (χ2n) is 6.15. The Morgan fingerprint density at radius 2 is 1.00 bits per heavy atom. The molecule has 0 aliphatic carbocycles.